The van der Waals surface area contributed by atoms with Gasteiger partial charge in [-0.05, 0) is 56.7 Å². The number of thiophene rings is 1. The van der Waals surface area contributed by atoms with Gasteiger partial charge in [0.25, 0.3) is 0 Å². The molecule has 0 aliphatic heterocycles. The van der Waals surface area contributed by atoms with Crippen LogP contribution in [-0.4, -0.2) is 23.7 Å². The third-order valence-corrected chi connectivity index (χ3v) is 4.64. The number of esters is 1. The Kier molecular flexibility index (Phi) is 4.28. The molecule has 2 heterocycles. The number of fused-ring (bicyclic) bond motifs is 1. The molecule has 1 aromatic carbocycles. The van der Waals surface area contributed by atoms with Crippen LogP contribution in [0.25, 0.3) is 20.5 Å². The standard InChI is InChI=1S/C19H19NO3S/c1-19(2,3)23-18(21)16-14-9-10-20-11-15(14)24-17(16)12-5-7-13(22-4)8-6-12/h5-11H,1-4H3. The lowest BCUT2D eigenvalue weighted by molar-refractivity contribution is 0.00732. The van der Waals surface area contributed by atoms with Gasteiger partial charge in [-0.2, -0.15) is 0 Å². The normalized spacial score (nSPS) is 11.5. The molecule has 124 valence electrons. The molecular formula is C19H19NO3S. The maximum absolute atomic E-state index is 12.8. The summed E-state index contributed by atoms with van der Waals surface area (Å²) in [5, 5.41) is 0.870. The molecule has 0 saturated carbocycles. The topological polar surface area (TPSA) is 48.4 Å². The second kappa shape index (κ2) is 6.24. The van der Waals surface area contributed by atoms with Gasteiger partial charge in [0.05, 0.1) is 22.3 Å². The highest BCUT2D eigenvalue weighted by Crippen LogP contribution is 2.39. The Bertz CT molecular complexity index is 876. The highest BCUT2D eigenvalue weighted by atomic mass is 32.1. The summed E-state index contributed by atoms with van der Waals surface area (Å²) in [7, 11) is 1.63. The number of methoxy groups -OCH3 is 1. The number of hydrogen-bond donors (Lipinski definition) is 0. The zero-order valence-corrected chi connectivity index (χ0v) is 14.9. The first-order chi connectivity index (χ1) is 11.4. The van der Waals surface area contributed by atoms with E-state index in [1.165, 1.54) is 0 Å². The van der Waals surface area contributed by atoms with Crippen LogP contribution in [0.2, 0.25) is 0 Å². The number of carbonyl (C=O) groups is 1. The van der Waals surface area contributed by atoms with Gasteiger partial charge in [-0.15, -0.1) is 11.3 Å². The second-order valence-electron chi connectivity index (χ2n) is 6.41. The van der Waals surface area contributed by atoms with E-state index in [9.17, 15) is 4.79 Å². The Morgan fingerprint density at radius 2 is 1.83 bits per heavy atom. The molecule has 0 atom stereocenters. The molecule has 0 N–H and O–H groups in total. The number of carbonyl (C=O) groups excluding carboxylic acids is 1. The van der Waals surface area contributed by atoms with Gasteiger partial charge in [0.2, 0.25) is 0 Å². The van der Waals surface area contributed by atoms with Gasteiger partial charge >= 0.3 is 5.97 Å². The van der Waals surface area contributed by atoms with E-state index in [0.29, 0.717) is 5.56 Å². The molecule has 0 radical (unpaired) electrons. The van der Waals surface area contributed by atoms with Crippen LogP contribution < -0.4 is 4.74 Å². The van der Waals surface area contributed by atoms with Crippen molar-refractivity contribution in [1.82, 2.24) is 4.98 Å². The molecule has 4 nitrogen and oxygen atoms in total. The van der Waals surface area contributed by atoms with Gasteiger partial charge in [0.1, 0.15) is 11.4 Å². The summed E-state index contributed by atoms with van der Waals surface area (Å²) in [5.74, 6) is 0.464. The molecule has 0 aliphatic carbocycles. The van der Waals surface area contributed by atoms with Crippen LogP contribution >= 0.6 is 11.3 Å². The van der Waals surface area contributed by atoms with Crippen LogP contribution in [0.5, 0.6) is 5.75 Å². The molecule has 0 unspecified atom stereocenters. The molecule has 3 rings (SSSR count). The third kappa shape index (κ3) is 3.26. The van der Waals surface area contributed by atoms with E-state index in [1.54, 1.807) is 30.8 Å². The van der Waals surface area contributed by atoms with E-state index in [1.807, 2.05) is 51.1 Å². The van der Waals surface area contributed by atoms with Gasteiger partial charge in [-0.3, -0.25) is 4.98 Å². The quantitative estimate of drug-likeness (QED) is 0.634. The average Bonchev–Trinajstić information content (AvgIpc) is 2.93. The zero-order chi connectivity index (χ0) is 17.3. The van der Waals surface area contributed by atoms with Gasteiger partial charge in [0.15, 0.2) is 0 Å². The Morgan fingerprint density at radius 1 is 1.12 bits per heavy atom. The highest BCUT2D eigenvalue weighted by molar-refractivity contribution is 7.22. The minimum Gasteiger partial charge on any atom is -0.497 e. The fourth-order valence-corrected chi connectivity index (χ4v) is 3.59. The summed E-state index contributed by atoms with van der Waals surface area (Å²) in [6.45, 7) is 5.61. The van der Waals surface area contributed by atoms with Crippen LogP contribution in [0, 0.1) is 0 Å². The van der Waals surface area contributed by atoms with Crippen molar-refractivity contribution in [3.63, 3.8) is 0 Å². The second-order valence-corrected chi connectivity index (χ2v) is 7.46. The van der Waals surface area contributed by atoms with Crippen molar-refractivity contribution in [3.05, 3.63) is 48.3 Å². The third-order valence-electron chi connectivity index (χ3n) is 3.45. The maximum Gasteiger partial charge on any atom is 0.340 e. The number of pyridine rings is 1. The summed E-state index contributed by atoms with van der Waals surface area (Å²) in [6.07, 6.45) is 3.47. The minimum absolute atomic E-state index is 0.314. The first-order valence-corrected chi connectivity index (χ1v) is 8.45. The Labute approximate surface area is 145 Å². The molecular weight excluding hydrogens is 322 g/mol. The van der Waals surface area contributed by atoms with Crippen LogP contribution in [0.4, 0.5) is 0 Å². The van der Waals surface area contributed by atoms with Crippen molar-refractivity contribution in [2.45, 2.75) is 26.4 Å². The smallest absolute Gasteiger partial charge is 0.340 e. The predicted octanol–water partition coefficient (Wildman–Crippen LogP) is 4.93. The molecule has 0 fully saturated rings. The van der Waals surface area contributed by atoms with E-state index in [2.05, 4.69) is 4.98 Å². The minimum atomic E-state index is -0.546. The van der Waals surface area contributed by atoms with E-state index < -0.39 is 5.60 Å². The number of aromatic nitrogens is 1. The lowest BCUT2D eigenvalue weighted by atomic mass is 10.1. The van der Waals surface area contributed by atoms with E-state index >= 15 is 0 Å². The lowest BCUT2D eigenvalue weighted by Crippen LogP contribution is -2.24. The van der Waals surface area contributed by atoms with E-state index in [4.69, 9.17) is 9.47 Å². The monoisotopic (exact) mass is 341 g/mol. The molecule has 5 heteroatoms. The van der Waals surface area contributed by atoms with Crippen LogP contribution in [-0.2, 0) is 4.74 Å². The Morgan fingerprint density at radius 3 is 2.46 bits per heavy atom. The van der Waals surface area contributed by atoms with E-state index in [-0.39, 0.29) is 5.97 Å². The van der Waals surface area contributed by atoms with Crippen molar-refractivity contribution in [2.75, 3.05) is 7.11 Å². The maximum atomic E-state index is 12.8. The highest BCUT2D eigenvalue weighted by Gasteiger charge is 2.25. The van der Waals surface area contributed by atoms with Gasteiger partial charge in [-0.25, -0.2) is 4.79 Å². The number of nitrogens with zero attached hydrogens (tertiary/aromatic N) is 1. The van der Waals surface area contributed by atoms with Crippen LogP contribution in [0.1, 0.15) is 31.1 Å². The fraction of sp³-hybridized carbons (Fsp3) is 0.263. The molecule has 0 saturated heterocycles. The number of rotatable bonds is 3. The largest absolute Gasteiger partial charge is 0.497 e. The SMILES string of the molecule is COc1ccc(-c2sc3cnccc3c2C(=O)OC(C)(C)C)cc1. The summed E-state index contributed by atoms with van der Waals surface area (Å²) in [6, 6.07) is 9.53. The van der Waals surface area contributed by atoms with Crippen LogP contribution in [0.3, 0.4) is 0 Å². The molecule has 0 amide bonds. The first kappa shape index (κ1) is 16.5. The first-order valence-electron chi connectivity index (χ1n) is 7.63. The zero-order valence-electron chi connectivity index (χ0n) is 14.1. The van der Waals surface area contributed by atoms with Crippen molar-refractivity contribution in [1.29, 1.82) is 0 Å². The Balaban J connectivity index is 2.15. The summed E-state index contributed by atoms with van der Waals surface area (Å²) in [4.78, 5) is 17.8. The lowest BCUT2D eigenvalue weighted by Gasteiger charge is -2.19. The number of ether oxygens (including phenoxy) is 2. The average molecular weight is 341 g/mol. The van der Waals surface area contributed by atoms with Gasteiger partial charge in [0, 0.05) is 17.8 Å². The number of hydrogen-bond acceptors (Lipinski definition) is 5. The summed E-state index contributed by atoms with van der Waals surface area (Å²) < 4.78 is 11.8. The molecule has 3 aromatic rings. The van der Waals surface area contributed by atoms with Crippen molar-refractivity contribution < 1.29 is 14.3 Å². The molecule has 0 spiro atoms. The van der Waals surface area contributed by atoms with E-state index in [0.717, 1.165) is 26.3 Å². The predicted molar refractivity (Wildman–Crippen MR) is 96.8 cm³/mol. The van der Waals surface area contributed by atoms with Crippen molar-refractivity contribution >= 4 is 27.4 Å². The Hall–Kier alpha value is -2.40. The van der Waals surface area contributed by atoms with Crippen LogP contribution in [0.15, 0.2) is 42.7 Å². The molecule has 2 aromatic heterocycles. The van der Waals surface area contributed by atoms with Gasteiger partial charge in [-0.1, -0.05) is 0 Å². The summed E-state index contributed by atoms with van der Waals surface area (Å²) >= 11 is 1.54. The van der Waals surface area contributed by atoms with Crippen molar-refractivity contribution in [2.24, 2.45) is 0 Å². The molecule has 0 bridgehead atoms. The van der Waals surface area contributed by atoms with Crippen molar-refractivity contribution in [3.8, 4) is 16.2 Å². The molecule has 24 heavy (non-hydrogen) atoms. The summed E-state index contributed by atoms with van der Waals surface area (Å²) in [5.41, 5.74) is 1.01. The van der Waals surface area contributed by atoms with Gasteiger partial charge < -0.3 is 9.47 Å². The fourth-order valence-electron chi connectivity index (χ4n) is 2.43. The molecule has 0 aliphatic rings. The number of benzene rings is 1.